The number of pyridine rings is 1. The van der Waals surface area contributed by atoms with Crippen molar-refractivity contribution < 1.29 is 18.7 Å². The van der Waals surface area contributed by atoms with Gasteiger partial charge in [-0.25, -0.2) is 9.78 Å². The number of carbonyl (C=O) groups excluding carboxylic acids is 1. The Morgan fingerprint density at radius 1 is 1.25 bits per heavy atom. The molecule has 32 heavy (non-hydrogen) atoms. The lowest BCUT2D eigenvalue weighted by molar-refractivity contribution is 0.0453. The summed E-state index contributed by atoms with van der Waals surface area (Å²) < 4.78 is 18.4. The minimum Gasteiger partial charge on any atom is -0.464 e. The normalized spacial score (nSPS) is 14.7. The van der Waals surface area contributed by atoms with E-state index in [0.29, 0.717) is 35.3 Å². The Hall–Kier alpha value is -3.13. The maximum atomic E-state index is 12.7. The largest absolute Gasteiger partial charge is 0.464 e. The summed E-state index contributed by atoms with van der Waals surface area (Å²) >= 11 is 1.45. The summed E-state index contributed by atoms with van der Waals surface area (Å²) in [4.78, 5) is 23.0. The molecule has 0 saturated heterocycles. The van der Waals surface area contributed by atoms with Crippen LogP contribution < -0.4 is 4.74 Å². The van der Waals surface area contributed by atoms with Gasteiger partial charge in [0, 0.05) is 29.8 Å². The fraction of sp³-hybridized carbons (Fsp3) is 0.375. The molecule has 1 fully saturated rings. The van der Waals surface area contributed by atoms with Crippen LogP contribution in [0.25, 0.3) is 21.3 Å². The Kier molecular flexibility index (Phi) is 5.94. The number of thiazole rings is 1. The zero-order valence-electron chi connectivity index (χ0n) is 18.0. The molecule has 1 aliphatic rings. The average Bonchev–Trinajstić information content (AvgIpc) is 3.41. The van der Waals surface area contributed by atoms with Crippen molar-refractivity contribution in [3.05, 3.63) is 48.4 Å². The molecule has 0 atom stereocenters. The van der Waals surface area contributed by atoms with Gasteiger partial charge in [-0.15, -0.1) is 0 Å². The summed E-state index contributed by atoms with van der Waals surface area (Å²) in [6.07, 6.45) is 8.63. The van der Waals surface area contributed by atoms with Gasteiger partial charge < -0.3 is 18.8 Å². The fourth-order valence-electron chi connectivity index (χ4n) is 4.05. The standard InChI is InChI=1S/C24H25N3O4S/c1-2-27(24(28)31-17-7-4-3-5-8-17)14-16-15-29-20-13-18(10-11-19(16)20)30-23-26-22-21(32-23)9-6-12-25-22/h6,9-13,15,17H,2-5,7-8,14H2,1H3. The van der Waals surface area contributed by atoms with Crippen LogP contribution in [0, 0.1) is 0 Å². The van der Waals surface area contributed by atoms with Gasteiger partial charge in [0.2, 0.25) is 0 Å². The number of hydrogen-bond acceptors (Lipinski definition) is 7. The molecular weight excluding hydrogens is 426 g/mol. The zero-order valence-corrected chi connectivity index (χ0v) is 18.8. The van der Waals surface area contributed by atoms with E-state index in [1.54, 1.807) is 17.4 Å². The van der Waals surface area contributed by atoms with Gasteiger partial charge in [0.25, 0.3) is 5.19 Å². The predicted molar refractivity (Wildman–Crippen MR) is 123 cm³/mol. The van der Waals surface area contributed by atoms with E-state index < -0.39 is 0 Å². The molecule has 0 radical (unpaired) electrons. The second kappa shape index (κ2) is 9.16. The highest BCUT2D eigenvalue weighted by Crippen LogP contribution is 2.33. The second-order valence-electron chi connectivity index (χ2n) is 7.98. The lowest BCUT2D eigenvalue weighted by Crippen LogP contribution is -2.34. The molecule has 4 aromatic rings. The number of furan rings is 1. The highest BCUT2D eigenvalue weighted by Gasteiger charge is 2.22. The number of fused-ring (bicyclic) bond motifs is 2. The summed E-state index contributed by atoms with van der Waals surface area (Å²) in [7, 11) is 0. The Labute approximate surface area is 190 Å². The first-order valence-electron chi connectivity index (χ1n) is 11.0. The first-order valence-corrected chi connectivity index (χ1v) is 11.9. The van der Waals surface area contributed by atoms with Crippen molar-refractivity contribution in [1.29, 1.82) is 0 Å². The topological polar surface area (TPSA) is 77.7 Å². The molecule has 1 aliphatic carbocycles. The lowest BCUT2D eigenvalue weighted by atomic mass is 9.98. The van der Waals surface area contributed by atoms with Crippen LogP contribution in [0.1, 0.15) is 44.6 Å². The average molecular weight is 452 g/mol. The van der Waals surface area contributed by atoms with Gasteiger partial charge in [-0.3, -0.25) is 0 Å². The number of hydrogen-bond donors (Lipinski definition) is 0. The molecule has 0 N–H and O–H groups in total. The minimum atomic E-state index is -0.252. The van der Waals surface area contributed by atoms with Gasteiger partial charge >= 0.3 is 6.09 Å². The molecule has 7 nitrogen and oxygen atoms in total. The molecule has 8 heteroatoms. The Morgan fingerprint density at radius 2 is 2.12 bits per heavy atom. The maximum absolute atomic E-state index is 12.7. The van der Waals surface area contributed by atoms with Crippen LogP contribution in [-0.4, -0.2) is 33.6 Å². The summed E-state index contributed by atoms with van der Waals surface area (Å²) in [6, 6.07) is 9.53. The van der Waals surface area contributed by atoms with Crippen molar-refractivity contribution in [3.8, 4) is 10.9 Å². The van der Waals surface area contributed by atoms with Gasteiger partial charge in [0.15, 0.2) is 5.65 Å². The Bertz CT molecular complexity index is 1200. The molecule has 0 unspecified atom stereocenters. The molecule has 0 spiro atoms. The fourth-order valence-corrected chi connectivity index (χ4v) is 4.85. The van der Waals surface area contributed by atoms with Crippen LogP contribution in [0.3, 0.4) is 0 Å². The number of rotatable bonds is 6. The molecule has 0 aliphatic heterocycles. The summed E-state index contributed by atoms with van der Waals surface area (Å²) in [6.45, 7) is 2.98. The number of carbonyl (C=O) groups is 1. The Morgan fingerprint density at radius 3 is 2.94 bits per heavy atom. The van der Waals surface area contributed by atoms with Crippen LogP contribution in [0.2, 0.25) is 0 Å². The highest BCUT2D eigenvalue weighted by molar-refractivity contribution is 7.20. The molecular formula is C24H25N3O4S. The van der Waals surface area contributed by atoms with E-state index in [4.69, 9.17) is 13.9 Å². The number of aromatic nitrogens is 2. The Balaban J connectivity index is 1.29. The van der Waals surface area contributed by atoms with E-state index in [0.717, 1.165) is 41.3 Å². The van der Waals surface area contributed by atoms with E-state index in [1.165, 1.54) is 17.8 Å². The van der Waals surface area contributed by atoms with Crippen LogP contribution >= 0.6 is 11.3 Å². The third-order valence-corrected chi connectivity index (χ3v) is 6.69. The summed E-state index contributed by atoms with van der Waals surface area (Å²) in [5.74, 6) is 0.640. The zero-order chi connectivity index (χ0) is 21.9. The monoisotopic (exact) mass is 451 g/mol. The summed E-state index contributed by atoms with van der Waals surface area (Å²) in [5.41, 5.74) is 2.32. The smallest absolute Gasteiger partial charge is 0.410 e. The first kappa shape index (κ1) is 20.8. The quantitative estimate of drug-likeness (QED) is 0.332. The van der Waals surface area contributed by atoms with Crippen molar-refractivity contribution in [2.75, 3.05) is 6.54 Å². The molecule has 3 aromatic heterocycles. The number of benzene rings is 1. The van der Waals surface area contributed by atoms with Crippen LogP contribution in [0.5, 0.6) is 10.9 Å². The van der Waals surface area contributed by atoms with Gasteiger partial charge in [0.05, 0.1) is 17.5 Å². The third-order valence-electron chi connectivity index (χ3n) is 5.80. The minimum absolute atomic E-state index is 0.0452. The van der Waals surface area contributed by atoms with E-state index in [9.17, 15) is 4.79 Å². The van der Waals surface area contributed by atoms with Crippen molar-refractivity contribution in [1.82, 2.24) is 14.9 Å². The van der Waals surface area contributed by atoms with Crippen LogP contribution in [0.4, 0.5) is 4.79 Å². The first-order chi connectivity index (χ1) is 15.7. The second-order valence-corrected chi connectivity index (χ2v) is 8.98. The lowest BCUT2D eigenvalue weighted by Gasteiger charge is -2.26. The SMILES string of the molecule is CCN(Cc1coc2cc(Oc3nc4ncccc4s3)ccc12)C(=O)OC1CCCCC1. The molecule has 166 valence electrons. The van der Waals surface area contributed by atoms with Crippen molar-refractivity contribution in [2.24, 2.45) is 0 Å². The molecule has 1 amide bonds. The number of nitrogens with zero attached hydrogens (tertiary/aromatic N) is 3. The van der Waals surface area contributed by atoms with Crippen LogP contribution in [-0.2, 0) is 11.3 Å². The molecule has 5 rings (SSSR count). The van der Waals surface area contributed by atoms with Crippen molar-refractivity contribution >= 4 is 38.7 Å². The molecule has 3 heterocycles. The van der Waals surface area contributed by atoms with E-state index in [1.807, 2.05) is 37.3 Å². The van der Waals surface area contributed by atoms with E-state index in [-0.39, 0.29) is 12.2 Å². The maximum Gasteiger partial charge on any atom is 0.410 e. The van der Waals surface area contributed by atoms with Gasteiger partial charge in [-0.05, 0) is 56.9 Å². The van der Waals surface area contributed by atoms with Gasteiger partial charge in [0.1, 0.15) is 17.4 Å². The van der Waals surface area contributed by atoms with E-state index in [2.05, 4.69) is 9.97 Å². The highest BCUT2D eigenvalue weighted by atomic mass is 32.1. The number of amides is 1. The molecule has 1 saturated carbocycles. The van der Waals surface area contributed by atoms with Gasteiger partial charge in [-0.1, -0.05) is 17.8 Å². The predicted octanol–water partition coefficient (Wildman–Crippen LogP) is 6.52. The van der Waals surface area contributed by atoms with Crippen LogP contribution in [0.15, 0.2) is 47.2 Å². The van der Waals surface area contributed by atoms with Crippen molar-refractivity contribution in [3.63, 3.8) is 0 Å². The third kappa shape index (κ3) is 4.41. The number of ether oxygens (including phenoxy) is 2. The van der Waals surface area contributed by atoms with E-state index >= 15 is 0 Å². The molecule has 1 aromatic carbocycles. The molecule has 0 bridgehead atoms. The van der Waals surface area contributed by atoms with Crippen molar-refractivity contribution in [2.45, 2.75) is 51.7 Å². The summed E-state index contributed by atoms with van der Waals surface area (Å²) in [5, 5.41) is 1.49. The van der Waals surface area contributed by atoms with Gasteiger partial charge in [-0.2, -0.15) is 4.98 Å².